The second-order valence-electron chi connectivity index (χ2n) is 4.78. The third kappa shape index (κ3) is 4.39. The molecule has 0 bridgehead atoms. The van der Waals surface area contributed by atoms with Crippen LogP contribution in [0.1, 0.15) is 10.4 Å². The summed E-state index contributed by atoms with van der Waals surface area (Å²) in [7, 11) is 3.03. The molecular weight excluding hydrogens is 332 g/mol. The molecule has 0 unspecified atom stereocenters. The maximum Gasteiger partial charge on any atom is 0.253 e. The first-order valence-electron chi connectivity index (χ1n) is 7.09. The zero-order valence-electron chi connectivity index (χ0n) is 13.3. The molecule has 0 saturated carbocycles. The Morgan fingerprint density at radius 2 is 1.83 bits per heavy atom. The molecule has 0 spiro atoms. The second-order valence-corrected chi connectivity index (χ2v) is 5.18. The van der Waals surface area contributed by atoms with Crippen LogP contribution in [0.2, 0.25) is 5.02 Å². The number of carbonyl (C=O) groups is 2. The number of halogens is 1. The molecule has 2 aromatic rings. The van der Waals surface area contributed by atoms with E-state index < -0.39 is 5.91 Å². The molecule has 0 atom stereocenters. The van der Waals surface area contributed by atoms with Crippen molar-refractivity contribution in [2.75, 3.05) is 26.1 Å². The molecule has 0 saturated heterocycles. The zero-order chi connectivity index (χ0) is 17.5. The van der Waals surface area contributed by atoms with Crippen LogP contribution in [-0.2, 0) is 4.79 Å². The number of ether oxygens (including phenoxy) is 2. The molecule has 0 fully saturated rings. The number of hydrogen-bond donors (Lipinski definition) is 2. The molecule has 126 valence electrons. The Labute approximate surface area is 144 Å². The van der Waals surface area contributed by atoms with E-state index in [1.807, 2.05) is 0 Å². The number of nitrogens with one attached hydrogen (secondary N) is 2. The number of carbonyl (C=O) groups excluding carboxylic acids is 2. The van der Waals surface area contributed by atoms with E-state index >= 15 is 0 Å². The molecule has 2 aromatic carbocycles. The summed E-state index contributed by atoms with van der Waals surface area (Å²) in [6.07, 6.45) is 0. The third-order valence-corrected chi connectivity index (χ3v) is 3.54. The summed E-state index contributed by atoms with van der Waals surface area (Å²) in [6.45, 7) is -0.195. The molecule has 0 heterocycles. The van der Waals surface area contributed by atoms with Gasteiger partial charge in [0.1, 0.15) is 11.5 Å². The number of benzene rings is 2. The SMILES string of the molecule is COc1ccc(NC(=O)CNC(=O)c2ccccc2Cl)c(OC)c1. The van der Waals surface area contributed by atoms with Gasteiger partial charge in [0, 0.05) is 6.07 Å². The molecule has 0 aliphatic rings. The minimum absolute atomic E-state index is 0.195. The molecule has 6 nitrogen and oxygen atoms in total. The fraction of sp³-hybridized carbons (Fsp3) is 0.176. The van der Waals surface area contributed by atoms with E-state index in [1.165, 1.54) is 14.2 Å². The van der Waals surface area contributed by atoms with Gasteiger partial charge in [-0.05, 0) is 24.3 Å². The van der Waals surface area contributed by atoms with Gasteiger partial charge in [0.05, 0.1) is 37.0 Å². The highest BCUT2D eigenvalue weighted by Crippen LogP contribution is 2.28. The first-order chi connectivity index (χ1) is 11.5. The van der Waals surface area contributed by atoms with E-state index in [0.29, 0.717) is 27.8 Å². The normalized spacial score (nSPS) is 9.96. The van der Waals surface area contributed by atoms with Crippen molar-refractivity contribution in [1.82, 2.24) is 5.32 Å². The summed E-state index contributed by atoms with van der Waals surface area (Å²) in [6, 6.07) is 11.6. The minimum Gasteiger partial charge on any atom is -0.497 e. The molecule has 0 aromatic heterocycles. The van der Waals surface area contributed by atoms with E-state index in [1.54, 1.807) is 42.5 Å². The van der Waals surface area contributed by atoms with Crippen molar-refractivity contribution in [3.05, 3.63) is 53.1 Å². The maximum absolute atomic E-state index is 12.0. The molecule has 0 radical (unpaired) electrons. The van der Waals surface area contributed by atoms with E-state index in [2.05, 4.69) is 10.6 Å². The number of amides is 2. The topological polar surface area (TPSA) is 76.7 Å². The predicted molar refractivity (Wildman–Crippen MR) is 92.0 cm³/mol. The third-order valence-electron chi connectivity index (χ3n) is 3.21. The van der Waals surface area contributed by atoms with Crippen LogP contribution in [0.25, 0.3) is 0 Å². The molecule has 24 heavy (non-hydrogen) atoms. The largest absolute Gasteiger partial charge is 0.497 e. The molecule has 0 aliphatic carbocycles. The van der Waals surface area contributed by atoms with Gasteiger partial charge in [-0.25, -0.2) is 0 Å². The molecule has 2 amide bonds. The summed E-state index contributed by atoms with van der Waals surface area (Å²) in [5.74, 6) is 0.258. The lowest BCUT2D eigenvalue weighted by atomic mass is 10.2. The Kier molecular flexibility index (Phi) is 6.03. The van der Waals surface area contributed by atoms with Gasteiger partial charge in [0.25, 0.3) is 5.91 Å². The highest BCUT2D eigenvalue weighted by molar-refractivity contribution is 6.33. The van der Waals surface area contributed by atoms with Gasteiger partial charge >= 0.3 is 0 Å². The highest BCUT2D eigenvalue weighted by atomic mass is 35.5. The Balaban J connectivity index is 1.96. The van der Waals surface area contributed by atoms with Crippen molar-refractivity contribution in [3.8, 4) is 11.5 Å². The number of hydrogen-bond acceptors (Lipinski definition) is 4. The Morgan fingerprint density at radius 3 is 2.50 bits per heavy atom. The van der Waals surface area contributed by atoms with Gasteiger partial charge in [0.15, 0.2) is 0 Å². The first kappa shape index (κ1) is 17.6. The van der Waals surface area contributed by atoms with E-state index in [4.69, 9.17) is 21.1 Å². The number of anilines is 1. The van der Waals surface area contributed by atoms with Crippen LogP contribution in [0.3, 0.4) is 0 Å². The first-order valence-corrected chi connectivity index (χ1v) is 7.47. The zero-order valence-corrected chi connectivity index (χ0v) is 14.0. The van der Waals surface area contributed by atoms with Gasteiger partial charge in [-0.3, -0.25) is 9.59 Å². The fourth-order valence-corrected chi connectivity index (χ4v) is 2.22. The number of rotatable bonds is 6. The predicted octanol–water partition coefficient (Wildman–Crippen LogP) is 2.73. The smallest absolute Gasteiger partial charge is 0.253 e. The average Bonchev–Trinajstić information content (AvgIpc) is 2.60. The lowest BCUT2D eigenvalue weighted by Gasteiger charge is -2.12. The Hall–Kier alpha value is -2.73. The number of methoxy groups -OCH3 is 2. The van der Waals surface area contributed by atoms with Gasteiger partial charge in [0.2, 0.25) is 5.91 Å². The highest BCUT2D eigenvalue weighted by Gasteiger charge is 2.12. The van der Waals surface area contributed by atoms with Crippen LogP contribution in [-0.4, -0.2) is 32.6 Å². The Bertz CT molecular complexity index is 749. The van der Waals surface area contributed by atoms with Crippen LogP contribution in [0, 0.1) is 0 Å². The molecule has 7 heteroatoms. The van der Waals surface area contributed by atoms with Crippen molar-refractivity contribution in [1.29, 1.82) is 0 Å². The van der Waals surface area contributed by atoms with Crippen LogP contribution >= 0.6 is 11.6 Å². The fourth-order valence-electron chi connectivity index (χ4n) is 2.00. The average molecular weight is 349 g/mol. The van der Waals surface area contributed by atoms with E-state index in [-0.39, 0.29) is 12.5 Å². The summed E-state index contributed by atoms with van der Waals surface area (Å²) in [5.41, 5.74) is 0.796. The standard InChI is InChI=1S/C17H17ClN2O4/c1-23-11-7-8-14(15(9-11)24-2)20-16(21)10-19-17(22)12-5-3-4-6-13(12)18/h3-9H,10H2,1-2H3,(H,19,22)(H,20,21). The van der Waals surface area contributed by atoms with Crippen LogP contribution in [0.15, 0.2) is 42.5 Å². The van der Waals surface area contributed by atoms with Gasteiger partial charge in [-0.15, -0.1) is 0 Å². The van der Waals surface area contributed by atoms with Gasteiger partial charge < -0.3 is 20.1 Å². The molecule has 2 rings (SSSR count). The van der Waals surface area contributed by atoms with E-state index in [9.17, 15) is 9.59 Å². The molecule has 2 N–H and O–H groups in total. The summed E-state index contributed by atoms with van der Waals surface area (Å²) >= 11 is 5.94. The lowest BCUT2D eigenvalue weighted by Crippen LogP contribution is -2.33. The maximum atomic E-state index is 12.0. The minimum atomic E-state index is -0.419. The van der Waals surface area contributed by atoms with Crippen molar-refractivity contribution < 1.29 is 19.1 Å². The van der Waals surface area contributed by atoms with Gasteiger partial charge in [-0.2, -0.15) is 0 Å². The van der Waals surface area contributed by atoms with Crippen LogP contribution in [0.5, 0.6) is 11.5 Å². The van der Waals surface area contributed by atoms with Crippen molar-refractivity contribution in [2.45, 2.75) is 0 Å². The summed E-state index contributed by atoms with van der Waals surface area (Å²) in [4.78, 5) is 24.0. The van der Waals surface area contributed by atoms with E-state index in [0.717, 1.165) is 0 Å². The molecular formula is C17H17ClN2O4. The Morgan fingerprint density at radius 1 is 1.08 bits per heavy atom. The molecule has 0 aliphatic heterocycles. The van der Waals surface area contributed by atoms with Crippen LogP contribution < -0.4 is 20.1 Å². The van der Waals surface area contributed by atoms with Crippen molar-refractivity contribution in [2.24, 2.45) is 0 Å². The van der Waals surface area contributed by atoms with Crippen molar-refractivity contribution in [3.63, 3.8) is 0 Å². The van der Waals surface area contributed by atoms with Crippen LogP contribution in [0.4, 0.5) is 5.69 Å². The second kappa shape index (κ2) is 8.21. The lowest BCUT2D eigenvalue weighted by molar-refractivity contribution is -0.115. The summed E-state index contributed by atoms with van der Waals surface area (Å²) in [5, 5.41) is 5.51. The quantitative estimate of drug-likeness (QED) is 0.841. The summed E-state index contributed by atoms with van der Waals surface area (Å²) < 4.78 is 10.3. The van der Waals surface area contributed by atoms with Crippen molar-refractivity contribution >= 4 is 29.1 Å². The van der Waals surface area contributed by atoms with Gasteiger partial charge in [-0.1, -0.05) is 23.7 Å². The monoisotopic (exact) mass is 348 g/mol.